The molecule has 16 heavy (non-hydrogen) atoms. The molecule has 94 valence electrons. The lowest BCUT2D eigenvalue weighted by Gasteiger charge is -2.41. The molecule has 0 bridgehead atoms. The highest BCUT2D eigenvalue weighted by atomic mass is 32.1. The minimum Gasteiger partial charge on any atom is -0.303 e. The van der Waals surface area contributed by atoms with Crippen LogP contribution < -0.4 is 0 Å². The molecule has 1 saturated carbocycles. The van der Waals surface area contributed by atoms with Crippen LogP contribution in [0.4, 0.5) is 0 Å². The van der Waals surface area contributed by atoms with E-state index in [1.54, 1.807) is 0 Å². The first-order chi connectivity index (χ1) is 7.90. The Labute approximate surface area is 106 Å². The number of rotatable bonds is 5. The molecule has 2 atom stereocenters. The molecule has 2 unspecified atom stereocenters. The van der Waals surface area contributed by atoms with Crippen molar-refractivity contribution in [2.45, 2.75) is 51.4 Å². The first kappa shape index (κ1) is 12.8. The second kappa shape index (κ2) is 6.90. The molecular weight excluding hydrogens is 214 g/mol. The van der Waals surface area contributed by atoms with E-state index in [0.29, 0.717) is 0 Å². The van der Waals surface area contributed by atoms with Gasteiger partial charge in [0.05, 0.1) is 0 Å². The molecule has 0 aromatic heterocycles. The summed E-state index contributed by atoms with van der Waals surface area (Å²) >= 11 is 4.27. The molecule has 1 saturated heterocycles. The molecule has 2 aliphatic rings. The van der Waals surface area contributed by atoms with Gasteiger partial charge >= 0.3 is 0 Å². The topological polar surface area (TPSA) is 3.24 Å². The van der Waals surface area contributed by atoms with E-state index in [2.05, 4.69) is 17.5 Å². The third kappa shape index (κ3) is 3.66. The molecule has 0 aromatic rings. The zero-order valence-corrected chi connectivity index (χ0v) is 11.4. The largest absolute Gasteiger partial charge is 0.303 e. The number of likely N-dealkylation sites (tertiary alicyclic amines) is 1. The minimum atomic E-state index is 1.05. The van der Waals surface area contributed by atoms with E-state index in [0.717, 1.165) is 17.6 Å². The van der Waals surface area contributed by atoms with Gasteiger partial charge in [-0.1, -0.05) is 25.7 Å². The Bertz CT molecular complexity index is 195. The highest BCUT2D eigenvalue weighted by molar-refractivity contribution is 7.80. The summed E-state index contributed by atoms with van der Waals surface area (Å²) in [6, 6.07) is 0. The van der Waals surface area contributed by atoms with Crippen molar-refractivity contribution >= 4 is 12.6 Å². The van der Waals surface area contributed by atoms with Gasteiger partial charge in [-0.05, 0) is 56.4 Å². The number of fused-ring (bicyclic) bond motifs is 1. The third-order valence-corrected chi connectivity index (χ3v) is 4.82. The first-order valence-electron chi connectivity index (χ1n) is 7.23. The van der Waals surface area contributed by atoms with E-state index in [4.69, 9.17) is 0 Å². The molecule has 0 radical (unpaired) electrons. The minimum absolute atomic E-state index is 1.05. The van der Waals surface area contributed by atoms with E-state index in [1.165, 1.54) is 71.0 Å². The highest BCUT2D eigenvalue weighted by Crippen LogP contribution is 2.35. The third-order valence-electron chi connectivity index (χ3n) is 4.51. The van der Waals surface area contributed by atoms with E-state index in [1.807, 2.05) is 0 Å². The number of unbranched alkanes of at least 4 members (excludes halogenated alkanes) is 2. The van der Waals surface area contributed by atoms with Gasteiger partial charge in [0, 0.05) is 6.54 Å². The van der Waals surface area contributed by atoms with Gasteiger partial charge in [-0.3, -0.25) is 0 Å². The van der Waals surface area contributed by atoms with Crippen molar-refractivity contribution in [2.75, 3.05) is 25.4 Å². The molecular formula is C14H27NS. The lowest BCUT2D eigenvalue weighted by atomic mass is 9.75. The van der Waals surface area contributed by atoms with Gasteiger partial charge in [0.15, 0.2) is 0 Å². The van der Waals surface area contributed by atoms with E-state index < -0.39 is 0 Å². The summed E-state index contributed by atoms with van der Waals surface area (Å²) in [6.45, 7) is 4.13. The van der Waals surface area contributed by atoms with E-state index >= 15 is 0 Å². The molecule has 0 N–H and O–H groups in total. The van der Waals surface area contributed by atoms with Crippen molar-refractivity contribution in [1.82, 2.24) is 4.90 Å². The molecule has 0 spiro atoms. The second-order valence-corrected chi connectivity index (χ2v) is 6.13. The van der Waals surface area contributed by atoms with Crippen LogP contribution in [0.3, 0.4) is 0 Å². The number of piperidine rings is 1. The Morgan fingerprint density at radius 1 is 0.938 bits per heavy atom. The molecule has 2 heteroatoms. The van der Waals surface area contributed by atoms with Crippen LogP contribution in [0.2, 0.25) is 0 Å². The van der Waals surface area contributed by atoms with Crippen molar-refractivity contribution in [1.29, 1.82) is 0 Å². The number of hydrogen-bond donors (Lipinski definition) is 1. The quantitative estimate of drug-likeness (QED) is 0.568. The van der Waals surface area contributed by atoms with Gasteiger partial charge in [0.2, 0.25) is 0 Å². The smallest absolute Gasteiger partial charge is 0.00123 e. The zero-order chi connectivity index (χ0) is 11.2. The first-order valence-corrected chi connectivity index (χ1v) is 7.86. The molecule has 2 rings (SSSR count). The summed E-state index contributed by atoms with van der Waals surface area (Å²) in [7, 11) is 0. The van der Waals surface area contributed by atoms with Gasteiger partial charge in [0.1, 0.15) is 0 Å². The van der Waals surface area contributed by atoms with E-state index in [-0.39, 0.29) is 0 Å². The molecule has 0 aromatic carbocycles. The van der Waals surface area contributed by atoms with Gasteiger partial charge in [-0.15, -0.1) is 0 Å². The fourth-order valence-corrected chi connectivity index (χ4v) is 3.73. The van der Waals surface area contributed by atoms with Crippen molar-refractivity contribution in [3.05, 3.63) is 0 Å². The summed E-state index contributed by atoms with van der Waals surface area (Å²) in [4.78, 5) is 2.73. The van der Waals surface area contributed by atoms with Crippen molar-refractivity contribution in [2.24, 2.45) is 11.8 Å². The molecule has 2 fully saturated rings. The maximum atomic E-state index is 4.27. The van der Waals surface area contributed by atoms with Gasteiger partial charge in [-0.2, -0.15) is 12.6 Å². The Hall–Kier alpha value is 0.310. The van der Waals surface area contributed by atoms with Gasteiger partial charge in [-0.25, -0.2) is 0 Å². The maximum absolute atomic E-state index is 4.27. The SMILES string of the molecule is SCCCCCN1CCC2CCCCC2C1. The van der Waals surface area contributed by atoms with Crippen LogP contribution in [0.15, 0.2) is 0 Å². The van der Waals surface area contributed by atoms with Crippen LogP contribution in [0.5, 0.6) is 0 Å². The molecule has 1 nitrogen and oxygen atoms in total. The number of hydrogen-bond acceptors (Lipinski definition) is 2. The Morgan fingerprint density at radius 2 is 1.75 bits per heavy atom. The van der Waals surface area contributed by atoms with Crippen LogP contribution in [0.1, 0.15) is 51.4 Å². The highest BCUT2D eigenvalue weighted by Gasteiger charge is 2.30. The summed E-state index contributed by atoms with van der Waals surface area (Å²) in [6.07, 6.45) is 11.6. The Balaban J connectivity index is 1.65. The van der Waals surface area contributed by atoms with Crippen molar-refractivity contribution in [3.63, 3.8) is 0 Å². The summed E-state index contributed by atoms with van der Waals surface area (Å²) in [5.41, 5.74) is 0. The Kier molecular flexibility index (Phi) is 5.51. The lowest BCUT2D eigenvalue weighted by Crippen LogP contribution is -2.42. The van der Waals surface area contributed by atoms with Crippen LogP contribution in [0.25, 0.3) is 0 Å². The number of nitrogens with zero attached hydrogens (tertiary/aromatic N) is 1. The second-order valence-electron chi connectivity index (χ2n) is 5.68. The standard InChI is InChI=1S/C14H27NS/c16-11-5-1-4-9-15-10-8-13-6-2-3-7-14(13)12-15/h13-14,16H,1-12H2. The summed E-state index contributed by atoms with van der Waals surface area (Å²) < 4.78 is 0. The average Bonchev–Trinajstić information content (AvgIpc) is 2.34. The van der Waals surface area contributed by atoms with Crippen LogP contribution in [-0.4, -0.2) is 30.3 Å². The fourth-order valence-electron chi connectivity index (χ4n) is 3.50. The predicted octanol–water partition coefficient (Wildman–Crippen LogP) is 3.60. The zero-order valence-electron chi connectivity index (χ0n) is 10.5. The Morgan fingerprint density at radius 3 is 2.56 bits per heavy atom. The normalized spacial score (nSPS) is 31.3. The fraction of sp³-hybridized carbons (Fsp3) is 1.00. The van der Waals surface area contributed by atoms with Crippen molar-refractivity contribution < 1.29 is 0 Å². The molecule has 1 heterocycles. The van der Waals surface area contributed by atoms with Gasteiger partial charge in [0.25, 0.3) is 0 Å². The van der Waals surface area contributed by atoms with Crippen LogP contribution >= 0.6 is 12.6 Å². The van der Waals surface area contributed by atoms with E-state index in [9.17, 15) is 0 Å². The monoisotopic (exact) mass is 241 g/mol. The lowest BCUT2D eigenvalue weighted by molar-refractivity contribution is 0.0857. The van der Waals surface area contributed by atoms with Crippen LogP contribution in [0, 0.1) is 11.8 Å². The average molecular weight is 241 g/mol. The molecule has 0 amide bonds. The number of thiol groups is 1. The van der Waals surface area contributed by atoms with Crippen LogP contribution in [-0.2, 0) is 0 Å². The van der Waals surface area contributed by atoms with Crippen molar-refractivity contribution in [3.8, 4) is 0 Å². The molecule has 1 aliphatic carbocycles. The maximum Gasteiger partial charge on any atom is 0.00123 e. The summed E-state index contributed by atoms with van der Waals surface area (Å²) in [5.74, 6) is 3.19. The molecule has 1 aliphatic heterocycles. The predicted molar refractivity (Wildman–Crippen MR) is 74.2 cm³/mol. The summed E-state index contributed by atoms with van der Waals surface area (Å²) in [5, 5.41) is 0. The van der Waals surface area contributed by atoms with Gasteiger partial charge < -0.3 is 4.90 Å².